The van der Waals surface area contributed by atoms with E-state index in [1.54, 1.807) is 6.92 Å². The molecular formula is C11H12ClNO3. The molecular weight excluding hydrogens is 230 g/mol. The molecule has 0 aliphatic heterocycles. The van der Waals surface area contributed by atoms with E-state index in [0.717, 1.165) is 0 Å². The lowest BCUT2D eigenvalue weighted by molar-refractivity contribution is -0.118. The van der Waals surface area contributed by atoms with Crippen LogP contribution in [0.3, 0.4) is 0 Å². The number of nitrogens with one attached hydrogen (secondary N) is 1. The molecule has 0 aliphatic carbocycles. The molecule has 1 rings (SSSR count). The number of phenolic OH excluding ortho intramolecular Hbond substituents is 1. The van der Waals surface area contributed by atoms with E-state index < -0.39 is 11.9 Å². The van der Waals surface area contributed by atoms with Crippen molar-refractivity contribution in [1.29, 1.82) is 0 Å². The van der Waals surface area contributed by atoms with Crippen LogP contribution in [0.25, 0.3) is 0 Å². The molecule has 0 radical (unpaired) electrons. The number of carbonyl (C=O) groups excluding carboxylic acids is 2. The van der Waals surface area contributed by atoms with Gasteiger partial charge in [0.25, 0.3) is 5.91 Å². The summed E-state index contributed by atoms with van der Waals surface area (Å²) in [5, 5.41) is 11.8. The second kappa shape index (κ2) is 4.99. The van der Waals surface area contributed by atoms with Crippen LogP contribution < -0.4 is 5.32 Å². The van der Waals surface area contributed by atoms with Gasteiger partial charge in [0.2, 0.25) is 0 Å². The lowest BCUT2D eigenvalue weighted by atomic mass is 10.1. The Bertz CT molecular complexity index is 431. The average molecular weight is 242 g/mol. The smallest absolute Gasteiger partial charge is 0.251 e. The van der Waals surface area contributed by atoms with E-state index in [0.29, 0.717) is 5.56 Å². The number of aromatic hydroxyl groups is 1. The van der Waals surface area contributed by atoms with Gasteiger partial charge < -0.3 is 10.4 Å². The van der Waals surface area contributed by atoms with E-state index in [2.05, 4.69) is 5.32 Å². The second-order valence-electron chi connectivity index (χ2n) is 3.47. The Morgan fingerprint density at radius 1 is 1.44 bits per heavy atom. The van der Waals surface area contributed by atoms with Gasteiger partial charge in [0.1, 0.15) is 5.75 Å². The molecule has 2 N–H and O–H groups in total. The highest BCUT2D eigenvalue weighted by Gasteiger charge is 2.13. The number of Topliss-reactive ketones (excluding diaryl/α,β-unsaturated/α-hetero) is 1. The zero-order chi connectivity index (χ0) is 12.3. The predicted octanol–water partition coefficient (Wildman–Crippen LogP) is 1.75. The molecule has 16 heavy (non-hydrogen) atoms. The van der Waals surface area contributed by atoms with Gasteiger partial charge in [0, 0.05) is 5.56 Å². The molecule has 1 amide bonds. The van der Waals surface area contributed by atoms with Crippen LogP contribution in [0.4, 0.5) is 0 Å². The van der Waals surface area contributed by atoms with Gasteiger partial charge in [0.15, 0.2) is 5.78 Å². The summed E-state index contributed by atoms with van der Waals surface area (Å²) < 4.78 is 0. The molecule has 1 atom stereocenters. The fourth-order valence-corrected chi connectivity index (χ4v) is 1.21. The summed E-state index contributed by atoms with van der Waals surface area (Å²) in [5.41, 5.74) is 0.302. The third-order valence-corrected chi connectivity index (χ3v) is 2.47. The molecule has 4 nitrogen and oxygen atoms in total. The van der Waals surface area contributed by atoms with Crippen LogP contribution in [0.5, 0.6) is 5.75 Å². The van der Waals surface area contributed by atoms with Crippen molar-refractivity contribution in [2.75, 3.05) is 0 Å². The number of carbonyl (C=O) groups is 2. The minimum atomic E-state index is -0.542. The molecule has 1 unspecified atom stereocenters. The number of amides is 1. The van der Waals surface area contributed by atoms with Crippen molar-refractivity contribution >= 4 is 23.3 Å². The summed E-state index contributed by atoms with van der Waals surface area (Å²) in [7, 11) is 0. The molecule has 86 valence electrons. The van der Waals surface area contributed by atoms with Crippen molar-refractivity contribution in [3.8, 4) is 5.75 Å². The quantitative estimate of drug-likeness (QED) is 0.847. The van der Waals surface area contributed by atoms with E-state index in [1.165, 1.54) is 25.1 Å². The van der Waals surface area contributed by atoms with Crippen molar-refractivity contribution in [3.63, 3.8) is 0 Å². The first-order valence-corrected chi connectivity index (χ1v) is 5.09. The van der Waals surface area contributed by atoms with Crippen LogP contribution in [0.15, 0.2) is 18.2 Å². The first kappa shape index (κ1) is 12.5. The maximum Gasteiger partial charge on any atom is 0.251 e. The highest BCUT2D eigenvalue weighted by molar-refractivity contribution is 6.32. The van der Waals surface area contributed by atoms with Crippen LogP contribution in [0.2, 0.25) is 5.02 Å². The van der Waals surface area contributed by atoms with E-state index in [-0.39, 0.29) is 16.6 Å². The molecule has 0 aromatic heterocycles. The number of hydrogen-bond donors (Lipinski definition) is 2. The third kappa shape index (κ3) is 2.97. The van der Waals surface area contributed by atoms with Crippen molar-refractivity contribution in [1.82, 2.24) is 5.32 Å². The largest absolute Gasteiger partial charge is 0.506 e. The molecule has 0 bridgehead atoms. The maximum atomic E-state index is 11.6. The summed E-state index contributed by atoms with van der Waals surface area (Å²) in [6, 6.07) is 3.57. The molecule has 0 heterocycles. The fraction of sp³-hybridized carbons (Fsp3) is 0.273. The van der Waals surface area contributed by atoms with Gasteiger partial charge in [-0.2, -0.15) is 0 Å². The number of phenols is 1. The highest BCUT2D eigenvalue weighted by atomic mass is 35.5. The van der Waals surface area contributed by atoms with Gasteiger partial charge in [0.05, 0.1) is 11.1 Å². The van der Waals surface area contributed by atoms with Crippen LogP contribution in [0.1, 0.15) is 24.2 Å². The molecule has 0 aliphatic rings. The number of rotatable bonds is 3. The number of benzene rings is 1. The summed E-state index contributed by atoms with van der Waals surface area (Å²) in [4.78, 5) is 22.6. The minimum absolute atomic E-state index is 0.0853. The predicted molar refractivity (Wildman–Crippen MR) is 60.7 cm³/mol. The normalized spacial score (nSPS) is 11.9. The number of halogens is 1. The Balaban J connectivity index is 2.81. The first-order valence-electron chi connectivity index (χ1n) is 4.71. The second-order valence-corrected chi connectivity index (χ2v) is 3.88. The van der Waals surface area contributed by atoms with Gasteiger partial charge in [-0.25, -0.2) is 0 Å². The molecule has 0 saturated carbocycles. The van der Waals surface area contributed by atoms with Gasteiger partial charge in [-0.05, 0) is 32.0 Å². The lowest BCUT2D eigenvalue weighted by Gasteiger charge is -2.10. The topological polar surface area (TPSA) is 66.4 Å². The zero-order valence-corrected chi connectivity index (χ0v) is 9.71. The Morgan fingerprint density at radius 2 is 2.06 bits per heavy atom. The minimum Gasteiger partial charge on any atom is -0.506 e. The van der Waals surface area contributed by atoms with Crippen LogP contribution in [0, 0.1) is 0 Å². The molecule has 1 aromatic carbocycles. The Hall–Kier alpha value is -1.55. The van der Waals surface area contributed by atoms with Crippen LogP contribution >= 0.6 is 11.6 Å². The summed E-state index contributed by atoms with van der Waals surface area (Å²) >= 11 is 5.66. The third-order valence-electron chi connectivity index (χ3n) is 2.17. The van der Waals surface area contributed by atoms with Crippen LogP contribution in [-0.4, -0.2) is 22.8 Å². The molecule has 0 spiro atoms. The first-order chi connectivity index (χ1) is 7.41. The Labute approximate surface area is 98.2 Å². The van der Waals surface area contributed by atoms with Crippen molar-refractivity contribution < 1.29 is 14.7 Å². The SMILES string of the molecule is CC(=O)C(C)NC(=O)c1ccc(O)c(Cl)c1. The van der Waals surface area contributed by atoms with Gasteiger partial charge in [-0.15, -0.1) is 0 Å². The molecule has 0 fully saturated rings. The number of hydrogen-bond acceptors (Lipinski definition) is 3. The summed E-state index contributed by atoms with van der Waals surface area (Å²) in [6.07, 6.45) is 0. The van der Waals surface area contributed by atoms with Gasteiger partial charge in [-0.1, -0.05) is 11.6 Å². The standard InChI is InChI=1S/C11H12ClNO3/c1-6(7(2)14)13-11(16)8-3-4-10(15)9(12)5-8/h3-6,15H,1-2H3,(H,13,16). The maximum absolute atomic E-state index is 11.6. The molecule has 0 saturated heterocycles. The van der Waals surface area contributed by atoms with E-state index >= 15 is 0 Å². The summed E-state index contributed by atoms with van der Waals surface area (Å²) in [6.45, 7) is 3.00. The van der Waals surface area contributed by atoms with E-state index in [1.807, 2.05) is 0 Å². The number of ketones is 1. The molecule has 5 heteroatoms. The monoisotopic (exact) mass is 241 g/mol. The average Bonchev–Trinajstić information content (AvgIpc) is 2.21. The zero-order valence-electron chi connectivity index (χ0n) is 8.95. The van der Waals surface area contributed by atoms with Crippen molar-refractivity contribution in [2.24, 2.45) is 0 Å². The van der Waals surface area contributed by atoms with Gasteiger partial charge in [-0.3, -0.25) is 9.59 Å². The lowest BCUT2D eigenvalue weighted by Crippen LogP contribution is -2.37. The van der Waals surface area contributed by atoms with Crippen molar-refractivity contribution in [3.05, 3.63) is 28.8 Å². The Kier molecular flexibility index (Phi) is 3.90. The van der Waals surface area contributed by atoms with E-state index in [4.69, 9.17) is 11.6 Å². The van der Waals surface area contributed by atoms with Crippen LogP contribution in [-0.2, 0) is 4.79 Å². The molecule has 1 aromatic rings. The van der Waals surface area contributed by atoms with Gasteiger partial charge >= 0.3 is 0 Å². The highest BCUT2D eigenvalue weighted by Crippen LogP contribution is 2.23. The summed E-state index contributed by atoms with van der Waals surface area (Å²) in [5.74, 6) is -0.611. The van der Waals surface area contributed by atoms with E-state index in [9.17, 15) is 14.7 Å². The Morgan fingerprint density at radius 3 is 2.56 bits per heavy atom. The van der Waals surface area contributed by atoms with Crippen molar-refractivity contribution in [2.45, 2.75) is 19.9 Å². The fourth-order valence-electron chi connectivity index (χ4n) is 1.03.